The lowest BCUT2D eigenvalue weighted by Gasteiger charge is -2.27. The molecule has 5 heteroatoms. The van der Waals surface area contributed by atoms with Crippen molar-refractivity contribution < 1.29 is 14.0 Å². The van der Waals surface area contributed by atoms with E-state index >= 15 is 0 Å². The zero-order valence-corrected chi connectivity index (χ0v) is 18.3. The lowest BCUT2D eigenvalue weighted by Crippen LogP contribution is -2.44. The molecule has 3 rings (SSSR count). The molecule has 0 radical (unpaired) electrons. The van der Waals surface area contributed by atoms with E-state index in [4.69, 9.17) is 4.42 Å². The van der Waals surface area contributed by atoms with Crippen LogP contribution in [0.1, 0.15) is 56.1 Å². The summed E-state index contributed by atoms with van der Waals surface area (Å²) < 4.78 is 5.72. The Morgan fingerprint density at radius 2 is 1.77 bits per heavy atom. The monoisotopic (exact) mass is 410 g/mol. The third-order valence-electron chi connectivity index (χ3n) is 5.60. The van der Waals surface area contributed by atoms with Gasteiger partial charge in [0.25, 0.3) is 0 Å². The Morgan fingerprint density at radius 3 is 2.40 bits per heavy atom. The fourth-order valence-corrected chi connectivity index (χ4v) is 3.63. The van der Waals surface area contributed by atoms with Crippen molar-refractivity contribution >= 4 is 11.8 Å². The van der Waals surface area contributed by atoms with Crippen molar-refractivity contribution in [1.29, 1.82) is 0 Å². The molecule has 1 saturated carbocycles. The lowest BCUT2D eigenvalue weighted by molar-refractivity contribution is -0.141. The molecule has 0 N–H and O–H groups in total. The van der Waals surface area contributed by atoms with Crippen LogP contribution >= 0.6 is 0 Å². The summed E-state index contributed by atoms with van der Waals surface area (Å²) in [5, 5.41) is 0. The maximum atomic E-state index is 13.3. The van der Waals surface area contributed by atoms with E-state index in [0.717, 1.165) is 50.0 Å². The van der Waals surface area contributed by atoms with Crippen LogP contribution in [0.4, 0.5) is 0 Å². The molecule has 0 spiro atoms. The van der Waals surface area contributed by atoms with Crippen LogP contribution in [0.5, 0.6) is 0 Å². The van der Waals surface area contributed by atoms with Gasteiger partial charge < -0.3 is 14.2 Å². The topological polar surface area (TPSA) is 53.8 Å². The second-order valence-corrected chi connectivity index (χ2v) is 8.30. The van der Waals surface area contributed by atoms with Crippen LogP contribution in [0.15, 0.2) is 46.9 Å². The minimum atomic E-state index is -0.00881. The normalized spacial score (nSPS) is 13.3. The van der Waals surface area contributed by atoms with E-state index in [1.54, 1.807) is 4.90 Å². The largest absolute Gasteiger partial charge is 0.464 e. The SMILES string of the molecule is CCCCCN(CC(=O)N(CCc1ccccc1)Cc1ccc(C)o1)C(=O)C1CC1. The number of rotatable bonds is 12. The van der Waals surface area contributed by atoms with E-state index in [0.29, 0.717) is 19.6 Å². The van der Waals surface area contributed by atoms with Gasteiger partial charge >= 0.3 is 0 Å². The molecule has 1 fully saturated rings. The third-order valence-corrected chi connectivity index (χ3v) is 5.60. The van der Waals surface area contributed by atoms with Gasteiger partial charge in [0, 0.05) is 19.0 Å². The van der Waals surface area contributed by atoms with Crippen molar-refractivity contribution in [2.45, 2.75) is 58.9 Å². The summed E-state index contributed by atoms with van der Waals surface area (Å²) in [6.07, 6.45) is 5.82. The zero-order valence-electron chi connectivity index (χ0n) is 18.3. The first kappa shape index (κ1) is 22.1. The molecule has 0 bridgehead atoms. The number of furan rings is 1. The first-order chi connectivity index (χ1) is 14.6. The highest BCUT2D eigenvalue weighted by molar-refractivity contribution is 5.87. The van der Waals surface area contributed by atoms with E-state index in [2.05, 4.69) is 19.1 Å². The Labute approximate surface area is 180 Å². The number of nitrogens with zero attached hydrogens (tertiary/aromatic N) is 2. The highest BCUT2D eigenvalue weighted by Gasteiger charge is 2.34. The van der Waals surface area contributed by atoms with Crippen LogP contribution in [0.3, 0.4) is 0 Å². The van der Waals surface area contributed by atoms with Crippen molar-refractivity contribution in [2.24, 2.45) is 5.92 Å². The van der Waals surface area contributed by atoms with Gasteiger partial charge in [-0.1, -0.05) is 50.1 Å². The van der Waals surface area contributed by atoms with Gasteiger partial charge in [0.15, 0.2) is 0 Å². The Kier molecular flexibility index (Phi) is 8.12. The fourth-order valence-electron chi connectivity index (χ4n) is 3.63. The molecule has 1 aliphatic carbocycles. The molecular formula is C25H34N2O3. The molecule has 0 saturated heterocycles. The molecule has 162 valence electrons. The lowest BCUT2D eigenvalue weighted by atomic mass is 10.1. The average Bonchev–Trinajstić information content (AvgIpc) is 3.52. The maximum absolute atomic E-state index is 13.3. The van der Waals surface area contributed by atoms with E-state index in [9.17, 15) is 9.59 Å². The van der Waals surface area contributed by atoms with Crippen molar-refractivity contribution in [3.05, 3.63) is 59.5 Å². The van der Waals surface area contributed by atoms with Crippen molar-refractivity contribution in [2.75, 3.05) is 19.6 Å². The highest BCUT2D eigenvalue weighted by atomic mass is 16.3. The highest BCUT2D eigenvalue weighted by Crippen LogP contribution is 2.31. The Bertz CT molecular complexity index is 811. The van der Waals surface area contributed by atoms with E-state index in [-0.39, 0.29) is 24.3 Å². The predicted molar refractivity (Wildman–Crippen MR) is 118 cm³/mol. The van der Waals surface area contributed by atoms with Gasteiger partial charge in [-0.2, -0.15) is 0 Å². The first-order valence-corrected chi connectivity index (χ1v) is 11.2. The number of unbranched alkanes of at least 4 members (excludes halogenated alkanes) is 2. The Hall–Kier alpha value is -2.56. The second-order valence-electron chi connectivity index (χ2n) is 8.30. The van der Waals surface area contributed by atoms with Gasteiger partial charge in [0.1, 0.15) is 11.5 Å². The van der Waals surface area contributed by atoms with Crippen LogP contribution in [0.25, 0.3) is 0 Å². The minimum Gasteiger partial charge on any atom is -0.464 e. The number of hydrogen-bond acceptors (Lipinski definition) is 3. The number of amides is 2. The summed E-state index contributed by atoms with van der Waals surface area (Å²) in [6, 6.07) is 14.0. The molecular weight excluding hydrogens is 376 g/mol. The van der Waals surface area contributed by atoms with Gasteiger partial charge in [-0.05, 0) is 50.3 Å². The molecule has 30 heavy (non-hydrogen) atoms. The van der Waals surface area contributed by atoms with Crippen LogP contribution in [-0.4, -0.2) is 41.2 Å². The molecule has 5 nitrogen and oxygen atoms in total. The van der Waals surface area contributed by atoms with Crippen LogP contribution in [-0.2, 0) is 22.6 Å². The third kappa shape index (κ3) is 6.75. The van der Waals surface area contributed by atoms with Crippen molar-refractivity contribution in [3.63, 3.8) is 0 Å². The van der Waals surface area contributed by atoms with Crippen LogP contribution in [0, 0.1) is 12.8 Å². The van der Waals surface area contributed by atoms with Gasteiger partial charge in [0.05, 0.1) is 13.1 Å². The summed E-state index contributed by atoms with van der Waals surface area (Å²) in [4.78, 5) is 29.6. The smallest absolute Gasteiger partial charge is 0.242 e. The van der Waals surface area contributed by atoms with E-state index < -0.39 is 0 Å². The Morgan fingerprint density at radius 1 is 1.00 bits per heavy atom. The average molecular weight is 411 g/mol. The molecule has 1 aliphatic rings. The molecule has 2 amide bonds. The minimum absolute atomic E-state index is 0.00881. The van der Waals surface area contributed by atoms with E-state index in [1.807, 2.05) is 42.2 Å². The maximum Gasteiger partial charge on any atom is 0.242 e. The Balaban J connectivity index is 1.67. The van der Waals surface area contributed by atoms with Crippen molar-refractivity contribution in [1.82, 2.24) is 9.80 Å². The van der Waals surface area contributed by atoms with Gasteiger partial charge in [-0.3, -0.25) is 9.59 Å². The summed E-state index contributed by atoms with van der Waals surface area (Å²) >= 11 is 0. The molecule has 0 unspecified atom stereocenters. The standard InChI is InChI=1S/C25H34N2O3/c1-3-4-8-16-27(25(29)22-12-13-22)19-24(28)26(18-23-14-11-20(2)30-23)17-15-21-9-6-5-7-10-21/h5-7,9-11,14,22H,3-4,8,12-13,15-19H2,1-2H3. The molecule has 0 atom stereocenters. The fraction of sp³-hybridized carbons (Fsp3) is 0.520. The predicted octanol–water partition coefficient (Wildman–Crippen LogP) is 4.59. The second kappa shape index (κ2) is 11.0. The van der Waals surface area contributed by atoms with Crippen molar-refractivity contribution in [3.8, 4) is 0 Å². The molecule has 1 aromatic carbocycles. The van der Waals surface area contributed by atoms with Crippen LogP contribution < -0.4 is 0 Å². The number of hydrogen-bond donors (Lipinski definition) is 0. The molecule has 0 aliphatic heterocycles. The number of carbonyl (C=O) groups excluding carboxylic acids is 2. The summed E-state index contributed by atoms with van der Waals surface area (Å²) in [5.74, 6) is 1.89. The molecule has 1 heterocycles. The summed E-state index contributed by atoms with van der Waals surface area (Å²) in [6.45, 7) is 5.91. The molecule has 2 aromatic rings. The number of aryl methyl sites for hydroxylation is 1. The molecule has 1 aromatic heterocycles. The van der Waals surface area contributed by atoms with Gasteiger partial charge in [0.2, 0.25) is 11.8 Å². The van der Waals surface area contributed by atoms with E-state index in [1.165, 1.54) is 5.56 Å². The van der Waals surface area contributed by atoms with Gasteiger partial charge in [-0.25, -0.2) is 0 Å². The number of carbonyl (C=O) groups is 2. The summed E-state index contributed by atoms with van der Waals surface area (Å²) in [7, 11) is 0. The number of benzene rings is 1. The first-order valence-electron chi connectivity index (χ1n) is 11.2. The van der Waals surface area contributed by atoms with Gasteiger partial charge in [-0.15, -0.1) is 0 Å². The summed E-state index contributed by atoms with van der Waals surface area (Å²) in [5.41, 5.74) is 1.19. The quantitative estimate of drug-likeness (QED) is 0.481. The zero-order chi connectivity index (χ0) is 21.3. The van der Waals surface area contributed by atoms with Crippen LogP contribution in [0.2, 0.25) is 0 Å².